The summed E-state index contributed by atoms with van der Waals surface area (Å²) in [4.78, 5) is 4.26. The van der Waals surface area contributed by atoms with Gasteiger partial charge in [0.05, 0.1) is 17.1 Å². The smallest absolute Gasteiger partial charge is 0.180 e. The van der Waals surface area contributed by atoms with Gasteiger partial charge < -0.3 is 20.1 Å². The molecular formula is C12H11BrCl2N2O4. The zero-order valence-electron chi connectivity index (χ0n) is 10.4. The van der Waals surface area contributed by atoms with Crippen LogP contribution in [0.15, 0.2) is 16.9 Å². The number of halogens is 3. The van der Waals surface area contributed by atoms with Gasteiger partial charge in [0.25, 0.3) is 0 Å². The summed E-state index contributed by atoms with van der Waals surface area (Å²) in [6.45, 7) is -0.402. The molecule has 0 saturated carbocycles. The van der Waals surface area contributed by atoms with Gasteiger partial charge in [0.15, 0.2) is 11.0 Å². The normalized spacial score (nSPS) is 29.4. The molecule has 1 aliphatic heterocycles. The van der Waals surface area contributed by atoms with E-state index in [0.29, 0.717) is 25.8 Å². The molecule has 1 aromatic carbocycles. The maximum Gasteiger partial charge on any atom is 0.180 e. The highest BCUT2D eigenvalue weighted by molar-refractivity contribution is 9.10. The SMILES string of the molecule is OC[C@H]1O[C@@H](n2c(Br)nc3c(Cl)cc(Cl)cc32)[C@H](O)[C@@H]1O. The van der Waals surface area contributed by atoms with E-state index in [1.54, 1.807) is 12.1 Å². The molecule has 0 bridgehead atoms. The maximum atomic E-state index is 10.1. The number of imidazole rings is 1. The van der Waals surface area contributed by atoms with Crippen molar-refractivity contribution in [1.82, 2.24) is 9.55 Å². The first kappa shape index (κ1) is 15.5. The van der Waals surface area contributed by atoms with Gasteiger partial charge in [-0.25, -0.2) is 4.98 Å². The van der Waals surface area contributed by atoms with Crippen molar-refractivity contribution in [2.45, 2.75) is 24.5 Å². The first-order valence-corrected chi connectivity index (χ1v) is 7.64. The van der Waals surface area contributed by atoms with E-state index in [1.807, 2.05) is 0 Å². The number of hydrogen-bond donors (Lipinski definition) is 3. The van der Waals surface area contributed by atoms with Gasteiger partial charge in [-0.15, -0.1) is 0 Å². The lowest BCUT2D eigenvalue weighted by Crippen LogP contribution is -2.33. The number of hydrogen-bond acceptors (Lipinski definition) is 5. The van der Waals surface area contributed by atoms with Crippen molar-refractivity contribution < 1.29 is 20.1 Å². The lowest BCUT2D eigenvalue weighted by molar-refractivity contribution is -0.0518. The van der Waals surface area contributed by atoms with Crippen LogP contribution in [0, 0.1) is 0 Å². The second-order valence-corrected chi connectivity index (χ2v) is 6.29. The zero-order chi connectivity index (χ0) is 15.3. The van der Waals surface area contributed by atoms with Gasteiger partial charge in [-0.05, 0) is 28.1 Å². The fourth-order valence-electron chi connectivity index (χ4n) is 2.43. The molecule has 0 spiro atoms. The number of benzene rings is 1. The zero-order valence-corrected chi connectivity index (χ0v) is 13.5. The summed E-state index contributed by atoms with van der Waals surface area (Å²) in [5.74, 6) is 0. The van der Waals surface area contributed by atoms with Crippen LogP contribution in [-0.4, -0.2) is 49.8 Å². The number of aliphatic hydroxyl groups is 3. The summed E-state index contributed by atoms with van der Waals surface area (Å²) in [7, 11) is 0. The Balaban J connectivity index is 2.15. The number of aliphatic hydroxyl groups excluding tert-OH is 3. The quantitative estimate of drug-likeness (QED) is 0.718. The minimum absolute atomic E-state index is 0.365. The molecule has 0 amide bonds. The Kier molecular flexibility index (Phi) is 4.17. The Hall–Kier alpha value is -0.410. The van der Waals surface area contributed by atoms with E-state index in [0.717, 1.165) is 0 Å². The van der Waals surface area contributed by atoms with Crippen molar-refractivity contribution in [2.24, 2.45) is 0 Å². The third-order valence-corrected chi connectivity index (χ3v) is 4.51. The van der Waals surface area contributed by atoms with E-state index < -0.39 is 31.1 Å². The molecule has 2 aromatic rings. The summed E-state index contributed by atoms with van der Waals surface area (Å²) in [6.07, 6.45) is -4.19. The lowest BCUT2D eigenvalue weighted by Gasteiger charge is -2.18. The highest BCUT2D eigenvalue weighted by Gasteiger charge is 2.44. The van der Waals surface area contributed by atoms with Crippen LogP contribution in [-0.2, 0) is 4.74 Å². The second-order valence-electron chi connectivity index (χ2n) is 4.74. The Morgan fingerprint density at radius 3 is 2.62 bits per heavy atom. The van der Waals surface area contributed by atoms with Crippen molar-refractivity contribution in [2.75, 3.05) is 6.61 Å². The molecule has 114 valence electrons. The third kappa shape index (κ3) is 2.46. The van der Waals surface area contributed by atoms with E-state index in [1.165, 1.54) is 4.57 Å². The van der Waals surface area contributed by atoms with Crippen LogP contribution in [0.25, 0.3) is 11.0 Å². The van der Waals surface area contributed by atoms with Crippen LogP contribution in [0.4, 0.5) is 0 Å². The molecule has 1 fully saturated rings. The first-order valence-electron chi connectivity index (χ1n) is 6.09. The average molecular weight is 398 g/mol. The average Bonchev–Trinajstić information content (AvgIpc) is 2.89. The van der Waals surface area contributed by atoms with Crippen LogP contribution < -0.4 is 0 Å². The Morgan fingerprint density at radius 2 is 2.00 bits per heavy atom. The molecule has 3 rings (SSSR count). The van der Waals surface area contributed by atoms with Crippen LogP contribution >= 0.6 is 39.1 Å². The molecule has 1 aliphatic rings. The van der Waals surface area contributed by atoms with E-state index in [-0.39, 0.29) is 0 Å². The molecule has 9 heteroatoms. The number of rotatable bonds is 2. The molecule has 0 aliphatic carbocycles. The summed E-state index contributed by atoms with van der Waals surface area (Å²) >= 11 is 15.4. The van der Waals surface area contributed by atoms with Crippen molar-refractivity contribution >= 4 is 50.2 Å². The van der Waals surface area contributed by atoms with Crippen LogP contribution in [0.1, 0.15) is 6.23 Å². The molecule has 2 heterocycles. The molecule has 4 atom stereocenters. The molecule has 21 heavy (non-hydrogen) atoms. The fourth-order valence-corrected chi connectivity index (χ4v) is 3.52. The number of fused-ring (bicyclic) bond motifs is 1. The second kappa shape index (κ2) is 5.66. The van der Waals surface area contributed by atoms with E-state index in [9.17, 15) is 10.2 Å². The van der Waals surface area contributed by atoms with Crippen molar-refractivity contribution in [3.8, 4) is 0 Å². The summed E-state index contributed by atoms with van der Waals surface area (Å²) in [5, 5.41) is 29.9. The van der Waals surface area contributed by atoms with E-state index in [4.69, 9.17) is 33.0 Å². The molecule has 0 unspecified atom stereocenters. The van der Waals surface area contributed by atoms with Gasteiger partial charge in [-0.3, -0.25) is 4.57 Å². The summed E-state index contributed by atoms with van der Waals surface area (Å²) in [5.41, 5.74) is 1.04. The monoisotopic (exact) mass is 396 g/mol. The number of nitrogens with zero attached hydrogens (tertiary/aromatic N) is 2. The van der Waals surface area contributed by atoms with Crippen molar-refractivity contribution in [3.05, 3.63) is 26.9 Å². The highest BCUT2D eigenvalue weighted by Crippen LogP contribution is 2.37. The maximum absolute atomic E-state index is 10.1. The molecule has 1 saturated heterocycles. The van der Waals surface area contributed by atoms with E-state index in [2.05, 4.69) is 20.9 Å². The summed E-state index contributed by atoms with van der Waals surface area (Å²) in [6, 6.07) is 3.20. The van der Waals surface area contributed by atoms with Crippen LogP contribution in [0.5, 0.6) is 0 Å². The molecule has 3 N–H and O–H groups in total. The van der Waals surface area contributed by atoms with Crippen molar-refractivity contribution in [1.29, 1.82) is 0 Å². The van der Waals surface area contributed by atoms with E-state index >= 15 is 0 Å². The standard InChI is InChI=1S/C12H11BrCl2N2O4/c13-12-16-8-5(15)1-4(14)2-6(8)17(12)11-10(20)9(19)7(3-18)21-11/h1-2,7,9-11,18-20H,3H2/t7-,9-,10-,11-/m1/s1. The van der Waals surface area contributed by atoms with Gasteiger partial charge in [-0.2, -0.15) is 0 Å². The molecular weight excluding hydrogens is 387 g/mol. The minimum atomic E-state index is -1.21. The molecule has 0 radical (unpaired) electrons. The minimum Gasteiger partial charge on any atom is -0.394 e. The Labute approximate surface area is 138 Å². The fraction of sp³-hybridized carbons (Fsp3) is 0.417. The lowest BCUT2D eigenvalue weighted by atomic mass is 10.1. The van der Waals surface area contributed by atoms with Gasteiger partial charge in [0.1, 0.15) is 23.8 Å². The van der Waals surface area contributed by atoms with Crippen LogP contribution in [0.3, 0.4) is 0 Å². The summed E-state index contributed by atoms with van der Waals surface area (Å²) < 4.78 is 7.42. The molecule has 1 aromatic heterocycles. The topological polar surface area (TPSA) is 87.7 Å². The number of ether oxygens (including phenoxy) is 1. The number of aromatic nitrogens is 2. The highest BCUT2D eigenvalue weighted by atomic mass is 79.9. The first-order chi connectivity index (χ1) is 9.93. The van der Waals surface area contributed by atoms with Gasteiger partial charge in [0, 0.05) is 5.02 Å². The predicted octanol–water partition coefficient (Wildman–Crippen LogP) is 1.72. The largest absolute Gasteiger partial charge is 0.394 e. The van der Waals surface area contributed by atoms with Gasteiger partial charge in [-0.1, -0.05) is 23.2 Å². The Morgan fingerprint density at radius 1 is 1.29 bits per heavy atom. The third-order valence-electron chi connectivity index (χ3n) is 3.44. The Bertz CT molecular complexity index is 695. The van der Waals surface area contributed by atoms with Gasteiger partial charge in [0.2, 0.25) is 0 Å². The molecule has 6 nitrogen and oxygen atoms in total. The van der Waals surface area contributed by atoms with Crippen molar-refractivity contribution in [3.63, 3.8) is 0 Å². The van der Waals surface area contributed by atoms with Crippen LogP contribution in [0.2, 0.25) is 10.0 Å². The van der Waals surface area contributed by atoms with Gasteiger partial charge >= 0.3 is 0 Å². The predicted molar refractivity (Wildman–Crippen MR) is 80.5 cm³/mol.